The van der Waals surface area contributed by atoms with Gasteiger partial charge in [0.1, 0.15) is 5.75 Å². The molecule has 1 aromatic rings. The van der Waals surface area contributed by atoms with Gasteiger partial charge < -0.3 is 10.5 Å². The molecule has 1 atom stereocenters. The Kier molecular flexibility index (Phi) is 6.71. The minimum atomic E-state index is 0.161. The summed E-state index contributed by atoms with van der Waals surface area (Å²) in [6.45, 7) is 5.17. The normalized spacial score (nSPS) is 12.4. The fraction of sp³-hybridized carbons (Fsp3) is 0.600. The lowest BCUT2D eigenvalue weighted by molar-refractivity contribution is 0.306. The molecule has 1 rings (SSSR count). The molecule has 2 heteroatoms. The van der Waals surface area contributed by atoms with E-state index in [-0.39, 0.29) is 6.04 Å². The summed E-state index contributed by atoms with van der Waals surface area (Å²) in [7, 11) is 0. The van der Waals surface area contributed by atoms with Crippen molar-refractivity contribution in [3.8, 4) is 5.75 Å². The maximum atomic E-state index is 6.05. The van der Waals surface area contributed by atoms with Crippen LogP contribution in [-0.2, 0) is 0 Å². The fourth-order valence-corrected chi connectivity index (χ4v) is 1.83. The van der Waals surface area contributed by atoms with E-state index < -0.39 is 0 Å². The smallest absolute Gasteiger partial charge is 0.119 e. The molecule has 0 aliphatic heterocycles. The Hall–Kier alpha value is -1.02. The molecule has 2 nitrogen and oxygen atoms in total. The molecule has 0 saturated heterocycles. The van der Waals surface area contributed by atoms with E-state index in [1.807, 2.05) is 12.1 Å². The highest BCUT2D eigenvalue weighted by molar-refractivity contribution is 5.28. The minimum absolute atomic E-state index is 0.161. The minimum Gasteiger partial charge on any atom is -0.494 e. The van der Waals surface area contributed by atoms with E-state index in [4.69, 9.17) is 10.5 Å². The van der Waals surface area contributed by atoms with E-state index in [9.17, 15) is 0 Å². The SMILES string of the molecule is CCCCCOc1ccc(C(N)CCC)cc1. The third-order valence-corrected chi connectivity index (χ3v) is 2.92. The number of nitrogens with two attached hydrogens (primary N) is 1. The van der Waals surface area contributed by atoms with Crippen LogP contribution < -0.4 is 10.5 Å². The van der Waals surface area contributed by atoms with Gasteiger partial charge >= 0.3 is 0 Å². The van der Waals surface area contributed by atoms with E-state index >= 15 is 0 Å². The predicted molar refractivity (Wildman–Crippen MR) is 73.3 cm³/mol. The summed E-state index contributed by atoms with van der Waals surface area (Å²) in [6.07, 6.45) is 5.76. The quantitative estimate of drug-likeness (QED) is 0.690. The van der Waals surface area contributed by atoms with Gasteiger partial charge in [-0.3, -0.25) is 0 Å². The molecule has 0 radical (unpaired) electrons. The molecule has 0 amide bonds. The molecular formula is C15H25NO. The summed E-state index contributed by atoms with van der Waals surface area (Å²) in [4.78, 5) is 0. The average molecular weight is 235 g/mol. The van der Waals surface area contributed by atoms with Crippen molar-refractivity contribution < 1.29 is 4.74 Å². The zero-order valence-electron chi connectivity index (χ0n) is 11.1. The molecule has 0 aliphatic rings. The van der Waals surface area contributed by atoms with Crippen molar-refractivity contribution in [2.45, 2.75) is 52.0 Å². The molecule has 0 bridgehead atoms. The second kappa shape index (κ2) is 8.13. The van der Waals surface area contributed by atoms with Gasteiger partial charge in [-0.05, 0) is 30.5 Å². The lowest BCUT2D eigenvalue weighted by Gasteiger charge is -2.11. The Balaban J connectivity index is 2.39. The van der Waals surface area contributed by atoms with Crippen LogP contribution in [0.1, 0.15) is 57.6 Å². The van der Waals surface area contributed by atoms with Crippen LogP contribution in [0.2, 0.25) is 0 Å². The summed E-state index contributed by atoms with van der Waals surface area (Å²) in [6, 6.07) is 8.37. The summed E-state index contributed by atoms with van der Waals surface area (Å²) in [5.74, 6) is 0.952. The highest BCUT2D eigenvalue weighted by Crippen LogP contribution is 2.19. The van der Waals surface area contributed by atoms with E-state index in [1.54, 1.807) is 0 Å². The number of ether oxygens (including phenoxy) is 1. The van der Waals surface area contributed by atoms with E-state index in [0.717, 1.165) is 31.6 Å². The molecular weight excluding hydrogens is 210 g/mol. The number of hydrogen-bond acceptors (Lipinski definition) is 2. The van der Waals surface area contributed by atoms with Gasteiger partial charge in [-0.2, -0.15) is 0 Å². The molecule has 0 heterocycles. The van der Waals surface area contributed by atoms with Crippen molar-refractivity contribution in [3.05, 3.63) is 29.8 Å². The van der Waals surface area contributed by atoms with Crippen molar-refractivity contribution in [2.75, 3.05) is 6.61 Å². The molecule has 0 spiro atoms. The van der Waals surface area contributed by atoms with Crippen LogP contribution in [0, 0.1) is 0 Å². The lowest BCUT2D eigenvalue weighted by atomic mass is 10.0. The van der Waals surface area contributed by atoms with Crippen LogP contribution in [0.25, 0.3) is 0 Å². The van der Waals surface area contributed by atoms with Crippen LogP contribution >= 0.6 is 0 Å². The van der Waals surface area contributed by atoms with Crippen molar-refractivity contribution in [1.29, 1.82) is 0 Å². The average Bonchev–Trinajstić information content (AvgIpc) is 2.36. The molecule has 1 aromatic carbocycles. The van der Waals surface area contributed by atoms with Crippen molar-refractivity contribution in [1.82, 2.24) is 0 Å². The first-order valence-corrected chi connectivity index (χ1v) is 6.76. The van der Waals surface area contributed by atoms with E-state index in [2.05, 4.69) is 26.0 Å². The van der Waals surface area contributed by atoms with Gasteiger partial charge in [0.05, 0.1) is 6.61 Å². The standard InChI is InChI=1S/C15H25NO/c1-3-5-6-12-17-14-10-8-13(9-11-14)15(16)7-4-2/h8-11,15H,3-7,12,16H2,1-2H3. The highest BCUT2D eigenvalue weighted by atomic mass is 16.5. The van der Waals surface area contributed by atoms with Crippen LogP contribution in [0.5, 0.6) is 5.75 Å². The Morgan fingerprint density at radius 3 is 2.35 bits per heavy atom. The first-order valence-electron chi connectivity index (χ1n) is 6.76. The van der Waals surface area contributed by atoms with Gasteiger partial charge in [-0.1, -0.05) is 45.2 Å². The van der Waals surface area contributed by atoms with E-state index in [0.29, 0.717) is 0 Å². The second-order valence-corrected chi connectivity index (χ2v) is 4.52. The number of unbranched alkanes of at least 4 members (excludes halogenated alkanes) is 2. The van der Waals surface area contributed by atoms with Crippen LogP contribution in [0.4, 0.5) is 0 Å². The molecule has 2 N–H and O–H groups in total. The van der Waals surface area contributed by atoms with Crippen molar-refractivity contribution >= 4 is 0 Å². The largest absolute Gasteiger partial charge is 0.494 e. The lowest BCUT2D eigenvalue weighted by Crippen LogP contribution is -2.09. The number of benzene rings is 1. The summed E-state index contributed by atoms with van der Waals surface area (Å²) >= 11 is 0. The topological polar surface area (TPSA) is 35.2 Å². The fourth-order valence-electron chi connectivity index (χ4n) is 1.83. The summed E-state index contributed by atoms with van der Waals surface area (Å²) in [5.41, 5.74) is 7.26. The first-order chi connectivity index (χ1) is 8.27. The Labute approximate surface area is 105 Å². The molecule has 0 fully saturated rings. The third kappa shape index (κ3) is 5.22. The Morgan fingerprint density at radius 1 is 1.06 bits per heavy atom. The zero-order valence-corrected chi connectivity index (χ0v) is 11.1. The number of hydrogen-bond donors (Lipinski definition) is 1. The summed E-state index contributed by atoms with van der Waals surface area (Å²) in [5, 5.41) is 0. The van der Waals surface area contributed by atoms with Crippen LogP contribution in [0.15, 0.2) is 24.3 Å². The highest BCUT2D eigenvalue weighted by Gasteiger charge is 2.04. The Morgan fingerprint density at radius 2 is 1.76 bits per heavy atom. The summed E-state index contributed by atoms with van der Waals surface area (Å²) < 4.78 is 5.66. The zero-order chi connectivity index (χ0) is 12.5. The van der Waals surface area contributed by atoms with Crippen molar-refractivity contribution in [2.24, 2.45) is 5.73 Å². The van der Waals surface area contributed by atoms with Crippen molar-refractivity contribution in [3.63, 3.8) is 0 Å². The second-order valence-electron chi connectivity index (χ2n) is 4.52. The van der Waals surface area contributed by atoms with Gasteiger partial charge in [0.15, 0.2) is 0 Å². The molecule has 0 aromatic heterocycles. The molecule has 17 heavy (non-hydrogen) atoms. The first kappa shape index (κ1) is 14.0. The van der Waals surface area contributed by atoms with Crippen LogP contribution in [-0.4, -0.2) is 6.61 Å². The van der Waals surface area contributed by atoms with Gasteiger partial charge in [-0.15, -0.1) is 0 Å². The third-order valence-electron chi connectivity index (χ3n) is 2.92. The Bertz CT molecular complexity index is 294. The predicted octanol–water partition coefficient (Wildman–Crippen LogP) is 4.06. The molecule has 1 unspecified atom stereocenters. The number of rotatable bonds is 8. The monoisotopic (exact) mass is 235 g/mol. The maximum Gasteiger partial charge on any atom is 0.119 e. The van der Waals surface area contributed by atoms with Crippen LogP contribution in [0.3, 0.4) is 0 Å². The van der Waals surface area contributed by atoms with Gasteiger partial charge in [0.2, 0.25) is 0 Å². The molecule has 96 valence electrons. The maximum absolute atomic E-state index is 6.05. The van der Waals surface area contributed by atoms with Gasteiger partial charge in [-0.25, -0.2) is 0 Å². The molecule has 0 aliphatic carbocycles. The van der Waals surface area contributed by atoms with Gasteiger partial charge in [0.25, 0.3) is 0 Å². The van der Waals surface area contributed by atoms with E-state index in [1.165, 1.54) is 18.4 Å². The van der Waals surface area contributed by atoms with Gasteiger partial charge in [0, 0.05) is 6.04 Å². The molecule has 0 saturated carbocycles.